The lowest BCUT2D eigenvalue weighted by atomic mass is 9.67. The molecule has 0 amide bonds. The number of rotatable bonds is 3. The highest BCUT2D eigenvalue weighted by molar-refractivity contribution is 7.16. The lowest BCUT2D eigenvalue weighted by Crippen LogP contribution is -2.34. The van der Waals surface area contributed by atoms with Gasteiger partial charge in [-0.25, -0.2) is 0 Å². The van der Waals surface area contributed by atoms with Gasteiger partial charge in [-0.3, -0.25) is 4.79 Å². The van der Waals surface area contributed by atoms with Crippen LogP contribution in [0.25, 0.3) is 0 Å². The van der Waals surface area contributed by atoms with Crippen molar-refractivity contribution in [1.29, 1.82) is 0 Å². The second-order valence-corrected chi connectivity index (χ2v) is 7.44. The maximum absolute atomic E-state index is 12.4. The fourth-order valence-corrected chi connectivity index (χ4v) is 3.93. The van der Waals surface area contributed by atoms with Crippen molar-refractivity contribution in [2.45, 2.75) is 46.0 Å². The molecule has 1 aromatic heterocycles. The molecule has 1 heterocycles. The van der Waals surface area contributed by atoms with Gasteiger partial charge in [0.05, 0.1) is 4.34 Å². The smallest absolute Gasteiger partial charge is 0.141 e. The van der Waals surface area contributed by atoms with E-state index in [0.29, 0.717) is 12.2 Å². The molecule has 1 aliphatic rings. The maximum atomic E-state index is 12.4. The number of Topliss-reactive ketones (excluding diaryl/α,β-unsaturated/α-hetero) is 1. The first kappa shape index (κ1) is 13.1. The van der Waals surface area contributed by atoms with Crippen molar-refractivity contribution in [2.75, 3.05) is 0 Å². The van der Waals surface area contributed by atoms with E-state index in [1.54, 1.807) is 0 Å². The van der Waals surface area contributed by atoms with Crippen LogP contribution in [0.1, 0.15) is 44.4 Å². The monoisotopic (exact) mass is 270 g/mol. The Hall–Kier alpha value is -0.340. The third kappa shape index (κ3) is 3.11. The molecule has 17 heavy (non-hydrogen) atoms. The molecular weight excluding hydrogens is 252 g/mol. The van der Waals surface area contributed by atoms with Gasteiger partial charge in [0.25, 0.3) is 0 Å². The first-order chi connectivity index (χ1) is 7.99. The van der Waals surface area contributed by atoms with Gasteiger partial charge in [0.1, 0.15) is 5.78 Å². The van der Waals surface area contributed by atoms with Crippen LogP contribution in [0.5, 0.6) is 0 Å². The standard InChI is InChI=1S/C14H19ClOS/c1-14(2)8-4-3-5-11(14)12(16)9-10-6-7-13(15)17-10/h6-7,11H,3-5,8-9H2,1-2H3. The average molecular weight is 271 g/mol. The van der Waals surface area contributed by atoms with E-state index in [0.717, 1.165) is 15.6 Å². The molecule has 1 nitrogen and oxygen atoms in total. The van der Waals surface area contributed by atoms with Crippen LogP contribution in [0, 0.1) is 11.3 Å². The highest BCUT2D eigenvalue weighted by atomic mass is 35.5. The van der Waals surface area contributed by atoms with E-state index in [2.05, 4.69) is 13.8 Å². The Labute approximate surface area is 112 Å². The lowest BCUT2D eigenvalue weighted by Gasteiger charge is -2.37. The molecule has 2 rings (SSSR count). The van der Waals surface area contributed by atoms with Gasteiger partial charge in [0.2, 0.25) is 0 Å². The summed E-state index contributed by atoms with van der Waals surface area (Å²) in [6, 6.07) is 3.85. The van der Waals surface area contributed by atoms with Crippen molar-refractivity contribution in [3.63, 3.8) is 0 Å². The fraction of sp³-hybridized carbons (Fsp3) is 0.643. The third-order valence-corrected chi connectivity index (χ3v) is 5.10. The van der Waals surface area contributed by atoms with Gasteiger partial charge < -0.3 is 0 Å². The summed E-state index contributed by atoms with van der Waals surface area (Å²) in [4.78, 5) is 13.5. The van der Waals surface area contributed by atoms with Crippen LogP contribution in [0.4, 0.5) is 0 Å². The zero-order valence-corrected chi connectivity index (χ0v) is 12.0. The molecule has 1 atom stereocenters. The summed E-state index contributed by atoms with van der Waals surface area (Å²) in [5.74, 6) is 0.630. The van der Waals surface area contributed by atoms with Crippen molar-refractivity contribution in [3.8, 4) is 0 Å². The zero-order chi connectivity index (χ0) is 12.5. The molecule has 0 N–H and O–H groups in total. The first-order valence-electron chi connectivity index (χ1n) is 6.26. The largest absolute Gasteiger partial charge is 0.299 e. The van der Waals surface area contributed by atoms with Gasteiger partial charge in [-0.15, -0.1) is 11.3 Å². The molecule has 94 valence electrons. The van der Waals surface area contributed by atoms with Crippen LogP contribution in [0.3, 0.4) is 0 Å². The van der Waals surface area contributed by atoms with E-state index in [1.165, 1.54) is 30.6 Å². The van der Waals surface area contributed by atoms with E-state index < -0.39 is 0 Å². The fourth-order valence-electron chi connectivity index (χ4n) is 2.83. The van der Waals surface area contributed by atoms with E-state index >= 15 is 0 Å². The van der Waals surface area contributed by atoms with Gasteiger partial charge >= 0.3 is 0 Å². The van der Waals surface area contributed by atoms with Crippen molar-refractivity contribution in [2.24, 2.45) is 11.3 Å². The molecule has 1 unspecified atom stereocenters. The molecule has 0 spiro atoms. The summed E-state index contributed by atoms with van der Waals surface area (Å²) in [5, 5.41) is 0. The Morgan fingerprint density at radius 2 is 2.24 bits per heavy atom. The Morgan fingerprint density at radius 3 is 2.82 bits per heavy atom. The second kappa shape index (κ2) is 5.11. The number of ketones is 1. The summed E-state index contributed by atoms with van der Waals surface area (Å²) in [6.45, 7) is 4.46. The van der Waals surface area contributed by atoms with Gasteiger partial charge in [-0.2, -0.15) is 0 Å². The van der Waals surface area contributed by atoms with Gasteiger partial charge in [-0.1, -0.05) is 38.3 Å². The molecule has 1 fully saturated rings. The molecule has 0 aromatic carbocycles. The number of carbonyl (C=O) groups excluding carboxylic acids is 1. The summed E-state index contributed by atoms with van der Waals surface area (Å²) in [6.07, 6.45) is 5.26. The number of halogens is 1. The number of hydrogen-bond donors (Lipinski definition) is 0. The van der Waals surface area contributed by atoms with Crippen LogP contribution >= 0.6 is 22.9 Å². The molecule has 0 aliphatic heterocycles. The minimum absolute atomic E-state index is 0.177. The number of hydrogen-bond acceptors (Lipinski definition) is 2. The molecule has 0 saturated heterocycles. The van der Waals surface area contributed by atoms with Crippen molar-refractivity contribution < 1.29 is 4.79 Å². The molecule has 1 saturated carbocycles. The van der Waals surface area contributed by atoms with E-state index in [9.17, 15) is 4.79 Å². The van der Waals surface area contributed by atoms with Crippen LogP contribution in [0.15, 0.2) is 12.1 Å². The van der Waals surface area contributed by atoms with Gasteiger partial charge in [0, 0.05) is 17.2 Å². The van der Waals surface area contributed by atoms with Gasteiger partial charge in [-0.05, 0) is 30.4 Å². The Kier molecular flexibility index (Phi) is 3.94. The van der Waals surface area contributed by atoms with Crippen LogP contribution in [-0.4, -0.2) is 5.78 Å². The Balaban J connectivity index is 2.04. The first-order valence-corrected chi connectivity index (χ1v) is 7.45. The predicted molar refractivity (Wildman–Crippen MR) is 73.8 cm³/mol. The zero-order valence-electron chi connectivity index (χ0n) is 10.5. The normalized spacial score (nSPS) is 23.6. The van der Waals surface area contributed by atoms with Crippen LogP contribution < -0.4 is 0 Å². The summed E-state index contributed by atoms with van der Waals surface area (Å²) >= 11 is 7.42. The highest BCUT2D eigenvalue weighted by Gasteiger charge is 2.36. The highest BCUT2D eigenvalue weighted by Crippen LogP contribution is 2.41. The maximum Gasteiger partial charge on any atom is 0.141 e. The van der Waals surface area contributed by atoms with Crippen molar-refractivity contribution >= 4 is 28.7 Å². The van der Waals surface area contributed by atoms with Crippen LogP contribution in [0.2, 0.25) is 4.34 Å². The Morgan fingerprint density at radius 1 is 1.47 bits per heavy atom. The topological polar surface area (TPSA) is 17.1 Å². The minimum atomic E-state index is 0.177. The molecule has 1 aliphatic carbocycles. The SMILES string of the molecule is CC1(C)CCCCC1C(=O)Cc1ccc(Cl)s1. The van der Waals surface area contributed by atoms with E-state index in [4.69, 9.17) is 11.6 Å². The lowest BCUT2D eigenvalue weighted by molar-refractivity contribution is -0.127. The quantitative estimate of drug-likeness (QED) is 0.776. The van der Waals surface area contributed by atoms with E-state index in [-0.39, 0.29) is 11.3 Å². The molecule has 1 aromatic rings. The second-order valence-electron chi connectivity index (χ2n) is 5.64. The number of carbonyl (C=O) groups is 1. The molecule has 0 bridgehead atoms. The molecule has 3 heteroatoms. The van der Waals surface area contributed by atoms with Crippen molar-refractivity contribution in [1.82, 2.24) is 0 Å². The minimum Gasteiger partial charge on any atom is -0.299 e. The van der Waals surface area contributed by atoms with E-state index in [1.807, 2.05) is 12.1 Å². The molecular formula is C14H19ClOS. The summed E-state index contributed by atoms with van der Waals surface area (Å²) in [7, 11) is 0. The summed E-state index contributed by atoms with van der Waals surface area (Å²) in [5.41, 5.74) is 0.177. The third-order valence-electron chi connectivity index (χ3n) is 3.87. The predicted octanol–water partition coefficient (Wildman–Crippen LogP) is 4.73. The molecule has 0 radical (unpaired) electrons. The van der Waals surface area contributed by atoms with Crippen LogP contribution in [-0.2, 0) is 11.2 Å². The average Bonchev–Trinajstić information content (AvgIpc) is 2.63. The van der Waals surface area contributed by atoms with Gasteiger partial charge in [0.15, 0.2) is 0 Å². The summed E-state index contributed by atoms with van der Waals surface area (Å²) < 4.78 is 0.774. The number of thiophene rings is 1. The van der Waals surface area contributed by atoms with Crippen molar-refractivity contribution in [3.05, 3.63) is 21.3 Å². The Bertz CT molecular complexity index is 408.